The zero-order valence-corrected chi connectivity index (χ0v) is 13.2. The molecule has 4 nitrogen and oxygen atoms in total. The number of carbonyl (C=O) groups excluding carboxylic acids is 1. The summed E-state index contributed by atoms with van der Waals surface area (Å²) < 4.78 is 0. The molecule has 1 N–H and O–H groups in total. The molecule has 108 valence electrons. The summed E-state index contributed by atoms with van der Waals surface area (Å²) in [5.74, 6) is 0.291. The van der Waals surface area contributed by atoms with E-state index in [2.05, 4.69) is 15.5 Å². The Morgan fingerprint density at radius 1 is 1.29 bits per heavy atom. The van der Waals surface area contributed by atoms with Crippen LogP contribution in [-0.4, -0.2) is 16.1 Å². The topological polar surface area (TPSA) is 54.9 Å². The molecule has 2 aromatic rings. The van der Waals surface area contributed by atoms with Crippen LogP contribution in [0.4, 0.5) is 5.13 Å². The van der Waals surface area contributed by atoms with Gasteiger partial charge in [-0.2, -0.15) is 0 Å². The number of aromatic nitrogens is 2. The monoisotopic (exact) mass is 339 g/mol. The molecule has 0 spiro atoms. The molecule has 1 saturated carbocycles. The summed E-state index contributed by atoms with van der Waals surface area (Å²) in [6.45, 7) is 0. The number of anilines is 1. The van der Waals surface area contributed by atoms with Gasteiger partial charge in [0.2, 0.25) is 11.0 Å². The molecular formula is C14H11Cl2N3OS. The molecule has 1 aliphatic carbocycles. The Bertz CT molecular complexity index is 710. The number of nitrogens with one attached hydrogen (secondary N) is 1. The maximum absolute atomic E-state index is 11.8. The number of halogens is 2. The first kappa shape index (κ1) is 14.5. The molecule has 1 heterocycles. The van der Waals surface area contributed by atoms with Crippen molar-refractivity contribution in [3.8, 4) is 0 Å². The summed E-state index contributed by atoms with van der Waals surface area (Å²) in [6, 6.07) is 5.17. The molecule has 0 aliphatic heterocycles. The van der Waals surface area contributed by atoms with Crippen molar-refractivity contribution in [3.05, 3.63) is 44.9 Å². The lowest BCUT2D eigenvalue weighted by molar-refractivity contribution is -0.111. The van der Waals surface area contributed by atoms with Gasteiger partial charge in [-0.15, -0.1) is 10.2 Å². The first-order valence-corrected chi connectivity index (χ1v) is 7.96. The summed E-state index contributed by atoms with van der Waals surface area (Å²) in [4.78, 5) is 11.8. The number of amides is 1. The van der Waals surface area contributed by atoms with E-state index in [0.717, 1.165) is 10.6 Å². The van der Waals surface area contributed by atoms with E-state index < -0.39 is 0 Å². The van der Waals surface area contributed by atoms with Crippen molar-refractivity contribution >= 4 is 51.7 Å². The molecule has 0 bridgehead atoms. The molecule has 0 radical (unpaired) electrons. The summed E-state index contributed by atoms with van der Waals surface area (Å²) in [6.07, 6.45) is 5.43. The largest absolute Gasteiger partial charge is 0.297 e. The molecular weight excluding hydrogens is 329 g/mol. The average Bonchev–Trinajstić information content (AvgIpc) is 3.21. The standard InChI is InChI=1S/C14H11Cl2N3OS/c15-10-5-1-8(7-11(10)16)2-6-12(20)17-14-19-18-13(21-14)9-3-4-9/h1-2,5-7,9H,3-4H2,(H,17,19,20)/b6-2+. The van der Waals surface area contributed by atoms with Crippen LogP contribution >= 0.6 is 34.5 Å². The minimum absolute atomic E-state index is 0.250. The Morgan fingerprint density at radius 2 is 2.10 bits per heavy atom. The Morgan fingerprint density at radius 3 is 2.81 bits per heavy atom. The number of carbonyl (C=O) groups is 1. The van der Waals surface area contributed by atoms with Crippen LogP contribution in [0.5, 0.6) is 0 Å². The molecule has 3 rings (SSSR count). The van der Waals surface area contributed by atoms with Crippen LogP contribution < -0.4 is 5.32 Å². The number of rotatable bonds is 4. The van der Waals surface area contributed by atoms with E-state index in [9.17, 15) is 4.79 Å². The zero-order chi connectivity index (χ0) is 14.8. The normalized spacial score (nSPS) is 14.6. The summed E-state index contributed by atoms with van der Waals surface area (Å²) >= 11 is 13.2. The van der Waals surface area contributed by atoms with Gasteiger partial charge in [-0.05, 0) is 36.6 Å². The van der Waals surface area contributed by atoms with Crippen LogP contribution in [0.15, 0.2) is 24.3 Å². The highest BCUT2D eigenvalue weighted by Gasteiger charge is 2.27. The minimum atomic E-state index is -0.250. The van der Waals surface area contributed by atoms with Crippen molar-refractivity contribution in [1.29, 1.82) is 0 Å². The lowest BCUT2D eigenvalue weighted by Crippen LogP contribution is -2.07. The van der Waals surface area contributed by atoms with E-state index in [1.54, 1.807) is 24.3 Å². The van der Waals surface area contributed by atoms with E-state index in [4.69, 9.17) is 23.2 Å². The molecule has 1 fully saturated rings. The Balaban J connectivity index is 1.61. The lowest BCUT2D eigenvalue weighted by Gasteiger charge is -1.98. The Hall–Kier alpha value is -1.43. The molecule has 7 heteroatoms. The number of benzene rings is 1. The second-order valence-corrected chi connectivity index (χ2v) is 6.54. The quantitative estimate of drug-likeness (QED) is 0.841. The predicted molar refractivity (Wildman–Crippen MR) is 86.0 cm³/mol. The first-order chi connectivity index (χ1) is 10.1. The Kier molecular flexibility index (Phi) is 4.24. The average molecular weight is 340 g/mol. The molecule has 1 aromatic carbocycles. The van der Waals surface area contributed by atoms with Gasteiger partial charge in [0, 0.05) is 12.0 Å². The van der Waals surface area contributed by atoms with Crippen LogP contribution in [0.1, 0.15) is 29.3 Å². The highest BCUT2D eigenvalue weighted by atomic mass is 35.5. The van der Waals surface area contributed by atoms with Crippen LogP contribution in [-0.2, 0) is 4.79 Å². The zero-order valence-electron chi connectivity index (χ0n) is 10.8. The van der Waals surface area contributed by atoms with E-state index in [0.29, 0.717) is 21.1 Å². The maximum atomic E-state index is 11.8. The minimum Gasteiger partial charge on any atom is -0.297 e. The third-order valence-corrected chi connectivity index (χ3v) is 4.71. The lowest BCUT2D eigenvalue weighted by atomic mass is 10.2. The highest BCUT2D eigenvalue weighted by Crippen LogP contribution is 2.42. The number of hydrogen-bond acceptors (Lipinski definition) is 4. The van der Waals surface area contributed by atoms with Crippen molar-refractivity contribution in [1.82, 2.24) is 10.2 Å². The van der Waals surface area contributed by atoms with Gasteiger partial charge in [0.1, 0.15) is 5.01 Å². The van der Waals surface area contributed by atoms with E-state index in [-0.39, 0.29) is 5.91 Å². The smallest absolute Gasteiger partial charge is 0.250 e. The fourth-order valence-corrected chi connectivity index (χ4v) is 2.94. The van der Waals surface area contributed by atoms with Gasteiger partial charge in [-0.25, -0.2) is 0 Å². The predicted octanol–water partition coefficient (Wildman–Crippen LogP) is 4.37. The summed E-state index contributed by atoms with van der Waals surface area (Å²) in [5, 5.41) is 13.2. The van der Waals surface area contributed by atoms with Gasteiger partial charge in [-0.1, -0.05) is 40.6 Å². The van der Waals surface area contributed by atoms with Crippen LogP contribution in [0.3, 0.4) is 0 Å². The van der Waals surface area contributed by atoms with Crippen molar-refractivity contribution in [2.24, 2.45) is 0 Å². The maximum Gasteiger partial charge on any atom is 0.250 e. The molecule has 0 unspecified atom stereocenters. The third kappa shape index (κ3) is 3.81. The summed E-state index contributed by atoms with van der Waals surface area (Å²) in [7, 11) is 0. The fraction of sp³-hybridized carbons (Fsp3) is 0.214. The van der Waals surface area contributed by atoms with E-state index in [1.165, 1.54) is 30.3 Å². The SMILES string of the molecule is O=C(/C=C/c1ccc(Cl)c(Cl)c1)Nc1nnc(C2CC2)s1. The first-order valence-electron chi connectivity index (χ1n) is 6.39. The van der Waals surface area contributed by atoms with E-state index in [1.807, 2.05) is 0 Å². The van der Waals surface area contributed by atoms with Crippen LogP contribution in [0.2, 0.25) is 10.0 Å². The summed E-state index contributed by atoms with van der Waals surface area (Å²) in [5.41, 5.74) is 0.801. The van der Waals surface area contributed by atoms with Gasteiger partial charge in [0.05, 0.1) is 10.0 Å². The second kappa shape index (κ2) is 6.13. The van der Waals surface area contributed by atoms with Crippen molar-refractivity contribution in [2.75, 3.05) is 5.32 Å². The molecule has 0 atom stereocenters. The van der Waals surface area contributed by atoms with Crippen molar-refractivity contribution in [3.63, 3.8) is 0 Å². The van der Waals surface area contributed by atoms with Gasteiger partial charge in [-0.3, -0.25) is 10.1 Å². The van der Waals surface area contributed by atoms with Gasteiger partial charge >= 0.3 is 0 Å². The number of nitrogens with zero attached hydrogens (tertiary/aromatic N) is 2. The van der Waals surface area contributed by atoms with Crippen molar-refractivity contribution in [2.45, 2.75) is 18.8 Å². The number of hydrogen-bond donors (Lipinski definition) is 1. The van der Waals surface area contributed by atoms with Gasteiger partial charge < -0.3 is 0 Å². The van der Waals surface area contributed by atoms with Crippen LogP contribution in [0, 0.1) is 0 Å². The molecule has 21 heavy (non-hydrogen) atoms. The molecule has 1 aliphatic rings. The van der Waals surface area contributed by atoms with Gasteiger partial charge in [0.25, 0.3) is 0 Å². The van der Waals surface area contributed by atoms with Crippen LogP contribution in [0.25, 0.3) is 6.08 Å². The molecule has 0 saturated heterocycles. The van der Waals surface area contributed by atoms with Crippen molar-refractivity contribution < 1.29 is 4.79 Å². The van der Waals surface area contributed by atoms with Gasteiger partial charge in [0.15, 0.2) is 0 Å². The molecule has 1 amide bonds. The highest BCUT2D eigenvalue weighted by molar-refractivity contribution is 7.15. The fourth-order valence-electron chi connectivity index (χ4n) is 1.72. The van der Waals surface area contributed by atoms with E-state index >= 15 is 0 Å². The molecule has 1 aromatic heterocycles. The third-order valence-electron chi connectivity index (χ3n) is 2.97. The second-order valence-electron chi connectivity index (χ2n) is 4.72. The Labute approximate surface area is 135 Å².